The fourth-order valence-electron chi connectivity index (χ4n) is 0.803. The van der Waals surface area contributed by atoms with Crippen LogP contribution in [0.15, 0.2) is 29.2 Å². The molecule has 0 aliphatic carbocycles. The van der Waals surface area contributed by atoms with Gasteiger partial charge in [0.1, 0.15) is 5.75 Å². The van der Waals surface area contributed by atoms with Crippen LogP contribution in [0.1, 0.15) is 0 Å². The fraction of sp³-hybridized carbons (Fsp3) is 0.250. The number of anilines is 1. The van der Waals surface area contributed by atoms with E-state index < -0.39 is 11.9 Å². The van der Waals surface area contributed by atoms with Gasteiger partial charge in [-0.05, 0) is 48.2 Å². The van der Waals surface area contributed by atoms with Crippen molar-refractivity contribution in [2.45, 2.75) is 11.1 Å². The third-order valence-corrected chi connectivity index (χ3v) is 2.81. The first kappa shape index (κ1) is 12.5. The van der Waals surface area contributed by atoms with Crippen LogP contribution in [0.5, 0.6) is 0 Å². The summed E-state index contributed by atoms with van der Waals surface area (Å²) in [7, 11) is 0. The minimum absolute atomic E-state index is 0.614. The van der Waals surface area contributed by atoms with Crippen molar-refractivity contribution < 1.29 is 13.2 Å². The molecule has 0 bridgehead atoms. The number of halogens is 3. The number of benzene rings is 1. The Bertz CT molecular complexity index is 300. The zero-order valence-corrected chi connectivity index (χ0v) is 9.18. The SMILES string of the molecule is NSc1ccc(NSCC(F)(F)F)cc1. The molecule has 1 aromatic rings. The number of nitrogens with one attached hydrogen (secondary N) is 1. The lowest BCUT2D eigenvalue weighted by molar-refractivity contribution is -0.105. The Hall–Kier alpha value is -0.530. The zero-order chi connectivity index (χ0) is 11.3. The van der Waals surface area contributed by atoms with Gasteiger partial charge < -0.3 is 4.72 Å². The van der Waals surface area contributed by atoms with Gasteiger partial charge in [0.25, 0.3) is 0 Å². The molecule has 0 radical (unpaired) electrons. The van der Waals surface area contributed by atoms with Gasteiger partial charge in [-0.1, -0.05) is 0 Å². The Kier molecular flexibility index (Phi) is 4.62. The van der Waals surface area contributed by atoms with E-state index in [2.05, 4.69) is 4.72 Å². The Labute approximate surface area is 94.1 Å². The molecule has 7 heteroatoms. The molecule has 0 spiro atoms. The van der Waals surface area contributed by atoms with E-state index in [0.29, 0.717) is 17.6 Å². The normalized spacial score (nSPS) is 11.5. The van der Waals surface area contributed by atoms with Crippen LogP contribution in [0.25, 0.3) is 0 Å². The number of alkyl halides is 3. The van der Waals surface area contributed by atoms with Crippen LogP contribution in [-0.2, 0) is 0 Å². The lowest BCUT2D eigenvalue weighted by Gasteiger charge is -2.08. The Morgan fingerprint density at radius 2 is 1.80 bits per heavy atom. The first-order valence-electron chi connectivity index (χ1n) is 3.92. The Balaban J connectivity index is 2.38. The summed E-state index contributed by atoms with van der Waals surface area (Å²) in [5, 5.41) is 5.30. The van der Waals surface area contributed by atoms with Crippen LogP contribution in [0.3, 0.4) is 0 Å². The van der Waals surface area contributed by atoms with E-state index in [1.165, 1.54) is 0 Å². The first-order chi connectivity index (χ1) is 7.01. The highest BCUT2D eigenvalue weighted by Crippen LogP contribution is 2.23. The van der Waals surface area contributed by atoms with E-state index in [9.17, 15) is 13.2 Å². The first-order valence-corrected chi connectivity index (χ1v) is 5.79. The van der Waals surface area contributed by atoms with Crippen LogP contribution in [0.4, 0.5) is 18.9 Å². The lowest BCUT2D eigenvalue weighted by Crippen LogP contribution is -2.12. The largest absolute Gasteiger partial charge is 0.399 e. The van der Waals surface area contributed by atoms with Crippen molar-refractivity contribution in [3.63, 3.8) is 0 Å². The molecule has 0 unspecified atom stereocenters. The second-order valence-corrected chi connectivity index (χ2v) is 4.14. The lowest BCUT2D eigenvalue weighted by atomic mass is 10.3. The van der Waals surface area contributed by atoms with Crippen molar-refractivity contribution >= 4 is 29.6 Å². The van der Waals surface area contributed by atoms with Gasteiger partial charge in [0, 0.05) is 10.6 Å². The smallest absolute Gasteiger partial charge is 0.329 e. The average Bonchev–Trinajstić information content (AvgIpc) is 2.17. The number of hydrogen-bond donors (Lipinski definition) is 2. The molecule has 1 rings (SSSR count). The Morgan fingerprint density at radius 1 is 1.20 bits per heavy atom. The quantitative estimate of drug-likeness (QED) is 0.809. The molecule has 0 aromatic heterocycles. The van der Waals surface area contributed by atoms with Gasteiger partial charge in [0.05, 0.1) is 0 Å². The molecule has 0 fully saturated rings. The summed E-state index contributed by atoms with van der Waals surface area (Å²) in [6.07, 6.45) is -4.15. The van der Waals surface area contributed by atoms with Gasteiger partial charge in [0.2, 0.25) is 0 Å². The summed E-state index contributed by atoms with van der Waals surface area (Å²) in [5.41, 5.74) is 0.627. The van der Waals surface area contributed by atoms with Gasteiger partial charge in [-0.3, -0.25) is 5.14 Å². The third kappa shape index (κ3) is 5.19. The van der Waals surface area contributed by atoms with E-state index >= 15 is 0 Å². The van der Waals surface area contributed by atoms with Gasteiger partial charge >= 0.3 is 6.18 Å². The molecule has 15 heavy (non-hydrogen) atoms. The molecule has 1 aromatic carbocycles. The molecule has 0 heterocycles. The second kappa shape index (κ2) is 5.53. The fourth-order valence-corrected chi connectivity index (χ4v) is 1.63. The molecule has 0 aliphatic rings. The van der Waals surface area contributed by atoms with Crippen molar-refractivity contribution in [3.8, 4) is 0 Å². The monoisotopic (exact) mass is 254 g/mol. The molecule has 0 aliphatic heterocycles. The highest BCUT2D eigenvalue weighted by Gasteiger charge is 2.26. The third-order valence-electron chi connectivity index (χ3n) is 1.42. The predicted molar refractivity (Wildman–Crippen MR) is 58.6 cm³/mol. The van der Waals surface area contributed by atoms with E-state index in [1.54, 1.807) is 24.3 Å². The van der Waals surface area contributed by atoms with Crippen LogP contribution < -0.4 is 9.86 Å². The summed E-state index contributed by atoms with van der Waals surface area (Å²) in [6, 6.07) is 6.83. The highest BCUT2D eigenvalue weighted by atomic mass is 32.2. The molecule has 0 saturated heterocycles. The van der Waals surface area contributed by atoms with Gasteiger partial charge in [0.15, 0.2) is 0 Å². The molecule has 2 nitrogen and oxygen atoms in total. The van der Waals surface area contributed by atoms with E-state index in [-0.39, 0.29) is 0 Å². The minimum atomic E-state index is -4.15. The molecule has 84 valence electrons. The molecule has 0 amide bonds. The summed E-state index contributed by atoms with van der Waals surface area (Å²) in [4.78, 5) is 0.862. The molecule has 0 atom stereocenters. The maximum Gasteiger partial charge on any atom is 0.399 e. The van der Waals surface area contributed by atoms with Crippen LogP contribution in [0, 0.1) is 0 Å². The van der Waals surface area contributed by atoms with Crippen molar-refractivity contribution in [2.24, 2.45) is 5.14 Å². The van der Waals surface area contributed by atoms with Crippen molar-refractivity contribution in [1.29, 1.82) is 0 Å². The molecule has 0 saturated carbocycles. The van der Waals surface area contributed by atoms with Crippen molar-refractivity contribution in [1.82, 2.24) is 0 Å². The maximum atomic E-state index is 11.8. The maximum absolute atomic E-state index is 11.8. The Morgan fingerprint density at radius 3 is 2.27 bits per heavy atom. The predicted octanol–water partition coefficient (Wildman–Crippen LogP) is 3.27. The van der Waals surface area contributed by atoms with Gasteiger partial charge in [-0.15, -0.1) is 0 Å². The van der Waals surface area contributed by atoms with Crippen LogP contribution in [0.2, 0.25) is 0 Å². The zero-order valence-electron chi connectivity index (χ0n) is 7.54. The summed E-state index contributed by atoms with van der Waals surface area (Å²) < 4.78 is 38.0. The molecular formula is C8H9F3N2S2. The molecular weight excluding hydrogens is 245 g/mol. The van der Waals surface area contributed by atoms with E-state index in [4.69, 9.17) is 5.14 Å². The summed E-state index contributed by atoms with van der Waals surface area (Å²) >= 11 is 1.70. The topological polar surface area (TPSA) is 38.0 Å². The minimum Gasteiger partial charge on any atom is -0.329 e. The van der Waals surface area contributed by atoms with Crippen LogP contribution in [-0.4, -0.2) is 11.9 Å². The highest BCUT2D eigenvalue weighted by molar-refractivity contribution is 8.00. The van der Waals surface area contributed by atoms with E-state index in [0.717, 1.165) is 16.8 Å². The molecule has 3 N–H and O–H groups in total. The van der Waals surface area contributed by atoms with Gasteiger partial charge in [-0.2, -0.15) is 13.2 Å². The van der Waals surface area contributed by atoms with Crippen molar-refractivity contribution in [2.75, 3.05) is 10.5 Å². The number of hydrogen-bond acceptors (Lipinski definition) is 4. The summed E-state index contributed by atoms with van der Waals surface area (Å²) in [6.45, 7) is 0. The van der Waals surface area contributed by atoms with Crippen LogP contribution >= 0.6 is 23.9 Å². The van der Waals surface area contributed by atoms with Crippen molar-refractivity contribution in [3.05, 3.63) is 24.3 Å². The number of rotatable bonds is 4. The average molecular weight is 254 g/mol. The summed E-state index contributed by atoms with van der Waals surface area (Å²) in [5.74, 6) is -0.916. The number of nitrogens with two attached hydrogens (primary N) is 1. The van der Waals surface area contributed by atoms with E-state index in [1.807, 2.05) is 0 Å². The second-order valence-electron chi connectivity index (χ2n) is 2.65. The standard InChI is InChI=1S/C8H9F3N2S2/c9-8(10,11)5-14-13-6-1-3-7(15-12)4-2-6/h1-4,13H,5,12H2. The van der Waals surface area contributed by atoms with Gasteiger partial charge in [-0.25, -0.2) is 0 Å².